The van der Waals surface area contributed by atoms with Crippen molar-refractivity contribution in [3.05, 3.63) is 302 Å². The molecule has 0 atom stereocenters. The van der Waals surface area contributed by atoms with Crippen LogP contribution >= 0.6 is 0 Å². The molecule has 4 aromatic heterocycles. The maximum Gasteiger partial charge on any atom is 3.00 e. The second-order valence-corrected chi connectivity index (χ2v) is 28.2. The molecule has 0 saturated carbocycles. The zero-order chi connectivity index (χ0) is 91.9. The molecule has 0 unspecified atom stereocenters. The van der Waals surface area contributed by atoms with Gasteiger partial charge < -0.3 is 24.4 Å². The van der Waals surface area contributed by atoms with Crippen molar-refractivity contribution in [1.29, 1.82) is 0 Å². The van der Waals surface area contributed by atoms with Crippen LogP contribution in [0.3, 0.4) is 0 Å². The van der Waals surface area contributed by atoms with Gasteiger partial charge in [0, 0.05) is 12.3 Å². The van der Waals surface area contributed by atoms with Gasteiger partial charge in [0.1, 0.15) is 29.1 Å². The largest absolute Gasteiger partial charge is 3.00 e. The number of pyridine rings is 1. The van der Waals surface area contributed by atoms with Crippen molar-refractivity contribution in [2.24, 2.45) is 0 Å². The maximum absolute atomic E-state index is 14.2. The number of aromatic amines is 1. The molecule has 14 rings (SSSR count). The van der Waals surface area contributed by atoms with Crippen LogP contribution in [-0.2, 0) is 87.5 Å². The number of aliphatic hydroxyl groups is 2. The van der Waals surface area contributed by atoms with Crippen LogP contribution in [0.5, 0.6) is 0 Å². The Morgan fingerprint density at radius 2 is 0.714 bits per heavy atom. The third-order valence-corrected chi connectivity index (χ3v) is 18.9. The fourth-order valence-corrected chi connectivity index (χ4v) is 13.6. The normalized spacial score (nSPS) is 12.5. The number of hydrogen-bond acceptors (Lipinski definition) is 9. The average molecular weight is 1970 g/mol. The number of H-pyrrole nitrogens is 1. The average Bonchev–Trinajstić information content (AvgIpc) is 0.882. The summed E-state index contributed by atoms with van der Waals surface area (Å²) in [5.74, 6) is -1.20. The minimum Gasteiger partial charge on any atom is -0.481 e. The molecule has 14 aromatic rings. The van der Waals surface area contributed by atoms with Gasteiger partial charge in [-0.25, -0.2) is 0 Å². The first kappa shape index (κ1) is 95.9. The van der Waals surface area contributed by atoms with E-state index >= 15 is 0 Å². The van der Waals surface area contributed by atoms with E-state index in [0.29, 0.717) is 34.3 Å². The molecule has 0 bridgehead atoms. The predicted octanol–water partition coefficient (Wildman–Crippen LogP) is 23.3. The molecule has 40 heteroatoms. The van der Waals surface area contributed by atoms with Gasteiger partial charge in [0.05, 0.1) is 80.1 Å². The number of nitrogens with one attached hydrogen (secondary N) is 2. The summed E-state index contributed by atoms with van der Waals surface area (Å²) in [4.78, 5) is 23.9. The van der Waals surface area contributed by atoms with Gasteiger partial charge in [0.2, 0.25) is 0 Å². The molecule has 0 aliphatic rings. The van der Waals surface area contributed by atoms with Gasteiger partial charge in [-0.1, -0.05) is 159 Å². The van der Waals surface area contributed by atoms with Gasteiger partial charge in [-0.2, -0.15) is 145 Å². The summed E-state index contributed by atoms with van der Waals surface area (Å²) in [5.41, 5.74) is -13.9. The van der Waals surface area contributed by atoms with Crippen molar-refractivity contribution in [2.75, 3.05) is 5.32 Å². The molecule has 11 nitrogen and oxygen atoms in total. The Labute approximate surface area is 707 Å². The number of halogens is 27. The van der Waals surface area contributed by atoms with E-state index in [2.05, 4.69) is 114 Å². The zero-order valence-corrected chi connectivity index (χ0v) is 66.5. The number of benzene rings is 10. The third kappa shape index (κ3) is 22.5. The number of aliphatic hydroxyl groups excluding tert-OH is 2. The molecular formula is C86H55BF27IrN6O5. The number of amides is 1. The number of hydrogen-bond donors (Lipinski definition) is 4. The second-order valence-electron chi connectivity index (χ2n) is 28.2. The molecular weight excluding hydrogens is 1910 g/mol. The Hall–Kier alpha value is -12.3. The zero-order valence-electron chi connectivity index (χ0n) is 64.1. The van der Waals surface area contributed by atoms with Crippen LogP contribution < -0.4 is 27.2 Å². The predicted molar refractivity (Wildman–Crippen MR) is 405 cm³/mol. The monoisotopic (exact) mass is 1970 g/mol. The molecule has 0 spiro atoms. The van der Waals surface area contributed by atoms with Crippen LogP contribution in [0.15, 0.2) is 221 Å². The molecule has 126 heavy (non-hydrogen) atoms. The SMILES string of the molecule is Cc1cc(C)cc(-c2ccc[c-]c2-c2nc3cc(CO)ccc3o2)c1.Cc1cc(C)cc(-c2ccc[c-]c2-c2nc3cc(CO)ccc3o2)c1.FC(F)(F)c1cc([B-](c2cc(C(F)(F)F)cc(C(F)(F)F)c2)(c2cc(C(F)(F)F)cc(C(F)(F)F)c2)c2cc(C(F)(F)F)cc(C(F)(F)F)c2)cc(C(F)(F)F)c1.O=C(Nc1cc(-c2ccccn2)[nH]n1)C(F)(F)F.[Ir+3]. The van der Waals surface area contributed by atoms with Gasteiger partial charge in [0.15, 0.2) is 5.82 Å². The Kier molecular flexibility index (Phi) is 27.7. The summed E-state index contributed by atoms with van der Waals surface area (Å²) >= 11 is 0. The number of oxazole rings is 2. The van der Waals surface area contributed by atoms with E-state index < -0.39 is 207 Å². The van der Waals surface area contributed by atoms with E-state index in [4.69, 9.17) is 8.83 Å². The first-order valence-corrected chi connectivity index (χ1v) is 35.9. The topological polar surface area (TPSA) is 163 Å². The number of aryl methyl sites for hydroxylation is 4. The van der Waals surface area contributed by atoms with Crippen molar-refractivity contribution in [2.45, 2.75) is 96.5 Å². The number of carbonyl (C=O) groups is 1. The Morgan fingerprint density at radius 3 is 0.992 bits per heavy atom. The number of anilines is 1. The van der Waals surface area contributed by atoms with Gasteiger partial charge in [-0.3, -0.25) is 24.8 Å². The van der Waals surface area contributed by atoms with E-state index in [0.717, 1.165) is 55.5 Å². The van der Waals surface area contributed by atoms with E-state index in [-0.39, 0.29) is 39.1 Å². The van der Waals surface area contributed by atoms with Crippen molar-refractivity contribution in [3.8, 4) is 56.6 Å². The fraction of sp³-hybridized carbons (Fsp3) is 0.174. The molecule has 0 saturated heterocycles. The first-order chi connectivity index (χ1) is 58.0. The number of nitrogens with zero attached hydrogens (tertiary/aromatic N) is 4. The number of alkyl halides is 27. The molecule has 0 fully saturated rings. The maximum atomic E-state index is 14.2. The van der Waals surface area contributed by atoms with Crippen molar-refractivity contribution < 1.29 is 162 Å². The number of carbonyl (C=O) groups excluding carboxylic acids is 1. The number of aromatic nitrogens is 5. The Balaban J connectivity index is 0.000000196. The molecule has 4 heterocycles. The molecule has 4 N–H and O–H groups in total. The van der Waals surface area contributed by atoms with Gasteiger partial charge in [-0.15, -0.1) is 48.5 Å². The van der Waals surface area contributed by atoms with Crippen molar-refractivity contribution in [3.63, 3.8) is 0 Å². The van der Waals surface area contributed by atoms with Crippen LogP contribution in [-0.4, -0.2) is 53.6 Å². The first-order valence-electron chi connectivity index (χ1n) is 35.9. The van der Waals surface area contributed by atoms with Crippen molar-refractivity contribution in [1.82, 2.24) is 25.1 Å². The molecule has 0 radical (unpaired) electrons. The van der Waals surface area contributed by atoms with Gasteiger partial charge >= 0.3 is 81.6 Å². The quantitative estimate of drug-likeness (QED) is 0.0530. The minimum atomic E-state index is -6.13. The summed E-state index contributed by atoms with van der Waals surface area (Å²) in [5, 5.41) is 26.3. The summed E-state index contributed by atoms with van der Waals surface area (Å²) in [6.45, 7) is 8.36. The smallest absolute Gasteiger partial charge is 0.481 e. The van der Waals surface area contributed by atoms with Crippen LogP contribution in [0.1, 0.15) is 77.9 Å². The van der Waals surface area contributed by atoms with Crippen molar-refractivity contribution >= 4 is 61.9 Å². The van der Waals surface area contributed by atoms with E-state index in [1.165, 1.54) is 34.5 Å². The third-order valence-electron chi connectivity index (χ3n) is 18.9. The van der Waals surface area contributed by atoms with Gasteiger partial charge in [-0.05, 0) is 99.5 Å². The van der Waals surface area contributed by atoms with E-state index in [1.807, 2.05) is 60.7 Å². The molecule has 0 aliphatic heterocycles. The Morgan fingerprint density at radius 1 is 0.397 bits per heavy atom. The van der Waals surface area contributed by atoms with Crippen LogP contribution in [0, 0.1) is 39.8 Å². The van der Waals surface area contributed by atoms with Crippen LogP contribution in [0.4, 0.5) is 124 Å². The standard InChI is InChI=1S/C32H12BF24.2C22H18NO2.C10H7F3N4O.Ir/c34-25(35,36)13-1-14(26(37,38)39)6-21(5-13)33(22-7-15(27(40,41)42)2-16(8-22)28(43,44)45,23-9-17(29(46,47)48)3-18(10-23)30(49,50)51)24-11-19(31(52,53)54)4-20(12-24)32(55,56)57;2*1-14-9-15(2)11-17(10-14)18-5-3-4-6-19(18)22-23-20-12-16(13-24)7-8-21(20)25-22;11-10(12,13)9(18)15-8-5-7(16-17-8)6-3-1-2-4-14-6;/h1-12H;2*3-5,7-12,24H,13H2,1-2H3;1-5H,(H2,15,16,17,18);/q3*-1;;+3. The summed E-state index contributed by atoms with van der Waals surface area (Å²) in [6, 6.07) is 39.9. The minimum absolute atomic E-state index is 0. The summed E-state index contributed by atoms with van der Waals surface area (Å²) in [7, 11) is 0. The fourth-order valence-electron chi connectivity index (χ4n) is 13.6. The number of rotatable bonds is 12. The van der Waals surface area contributed by atoms with E-state index in [9.17, 15) is 134 Å². The molecule has 0 aliphatic carbocycles. The van der Waals surface area contributed by atoms with Crippen LogP contribution in [0.25, 0.3) is 78.7 Å². The second kappa shape index (κ2) is 36.4. The molecule has 660 valence electrons. The molecule has 1 amide bonds. The molecule has 10 aromatic carbocycles. The van der Waals surface area contributed by atoms with Crippen LogP contribution in [0.2, 0.25) is 0 Å². The van der Waals surface area contributed by atoms with E-state index in [1.54, 1.807) is 23.5 Å². The summed E-state index contributed by atoms with van der Waals surface area (Å²) < 4.78 is 389. The number of fused-ring (bicyclic) bond motifs is 2. The Bertz CT molecular complexity index is 5630. The summed E-state index contributed by atoms with van der Waals surface area (Å²) in [6.07, 6.45) is -58.2. The van der Waals surface area contributed by atoms with Gasteiger partial charge in [0.25, 0.3) is 0 Å².